The number of hydrogen-bond donors (Lipinski definition) is 0. The predicted molar refractivity (Wildman–Crippen MR) is 77.6 cm³/mol. The number of carbonyl (C=O) groups excluding carboxylic acids is 3. The number of methoxy groups -OCH3 is 2. The Morgan fingerprint density at radius 1 is 1.14 bits per heavy atom. The summed E-state index contributed by atoms with van der Waals surface area (Å²) in [6.45, 7) is 0. The molecule has 1 aliphatic heterocycles. The van der Waals surface area contributed by atoms with Gasteiger partial charge in [0.15, 0.2) is 0 Å². The molecule has 2 rings (SSSR count). The first-order chi connectivity index (χ1) is 10.5. The van der Waals surface area contributed by atoms with Crippen molar-refractivity contribution in [3.8, 4) is 0 Å². The quantitative estimate of drug-likeness (QED) is 0.782. The van der Waals surface area contributed by atoms with Crippen molar-refractivity contribution in [1.29, 1.82) is 0 Å². The van der Waals surface area contributed by atoms with Crippen LogP contribution in [-0.4, -0.2) is 44.0 Å². The Morgan fingerprint density at radius 2 is 1.77 bits per heavy atom. The summed E-state index contributed by atoms with van der Waals surface area (Å²) < 4.78 is 9.40. The van der Waals surface area contributed by atoms with Gasteiger partial charge in [-0.25, -0.2) is 4.79 Å². The van der Waals surface area contributed by atoms with Crippen molar-refractivity contribution < 1.29 is 23.9 Å². The van der Waals surface area contributed by atoms with Crippen LogP contribution in [0.5, 0.6) is 0 Å². The molecule has 0 bridgehead atoms. The molecule has 1 atom stereocenters. The maximum absolute atomic E-state index is 12.4. The van der Waals surface area contributed by atoms with Gasteiger partial charge >= 0.3 is 11.9 Å². The van der Waals surface area contributed by atoms with E-state index in [0.29, 0.717) is 0 Å². The zero-order valence-electron chi connectivity index (χ0n) is 12.7. The predicted octanol–water partition coefficient (Wildman–Crippen LogP) is 1.23. The van der Waals surface area contributed by atoms with E-state index in [1.165, 1.54) is 19.1 Å². The summed E-state index contributed by atoms with van der Waals surface area (Å²) >= 11 is 0. The monoisotopic (exact) mass is 303 g/mol. The van der Waals surface area contributed by atoms with Crippen LogP contribution in [0.2, 0.25) is 0 Å². The molecule has 0 aliphatic carbocycles. The number of ether oxygens (including phenoxy) is 2. The molecule has 0 spiro atoms. The zero-order valence-corrected chi connectivity index (χ0v) is 12.7. The molecule has 0 saturated carbocycles. The Morgan fingerprint density at radius 3 is 2.32 bits per heavy atom. The normalized spacial score (nSPS) is 17.7. The molecule has 0 aromatic heterocycles. The molecule has 6 heteroatoms. The van der Waals surface area contributed by atoms with Crippen LogP contribution >= 0.6 is 0 Å². The fourth-order valence-electron chi connectivity index (χ4n) is 2.56. The third-order valence-corrected chi connectivity index (χ3v) is 3.63. The first-order valence-electron chi connectivity index (χ1n) is 6.71. The summed E-state index contributed by atoms with van der Waals surface area (Å²) in [4.78, 5) is 37.6. The highest BCUT2D eigenvalue weighted by atomic mass is 16.5. The smallest absolute Gasteiger partial charge is 0.336 e. The second kappa shape index (κ2) is 6.43. The van der Waals surface area contributed by atoms with Gasteiger partial charge in [-0.2, -0.15) is 0 Å². The van der Waals surface area contributed by atoms with Gasteiger partial charge in [0.1, 0.15) is 0 Å². The fraction of sp³-hybridized carbons (Fsp3) is 0.312. The van der Waals surface area contributed by atoms with Gasteiger partial charge in [-0.15, -0.1) is 0 Å². The van der Waals surface area contributed by atoms with Gasteiger partial charge in [0.25, 0.3) is 5.91 Å². The average Bonchev–Trinajstić information content (AvgIpc) is 2.79. The van der Waals surface area contributed by atoms with E-state index in [4.69, 9.17) is 4.74 Å². The van der Waals surface area contributed by atoms with E-state index >= 15 is 0 Å². The molecule has 1 aromatic carbocycles. The number of carbonyl (C=O) groups is 3. The van der Waals surface area contributed by atoms with E-state index in [9.17, 15) is 14.4 Å². The average molecular weight is 303 g/mol. The molecule has 1 aromatic rings. The SMILES string of the molecule is COC(=O)CC1=C(C(=O)OC)C(c2ccccc2)N(C)C1=O. The van der Waals surface area contributed by atoms with Crippen LogP contribution in [0.25, 0.3) is 0 Å². The lowest BCUT2D eigenvalue weighted by molar-refractivity contribution is -0.140. The molecule has 116 valence electrons. The van der Waals surface area contributed by atoms with Gasteiger partial charge in [0, 0.05) is 12.6 Å². The van der Waals surface area contributed by atoms with E-state index in [-0.39, 0.29) is 23.5 Å². The second-order valence-electron chi connectivity index (χ2n) is 4.87. The third-order valence-electron chi connectivity index (χ3n) is 3.63. The Labute approximate surface area is 128 Å². The highest BCUT2D eigenvalue weighted by Gasteiger charge is 2.42. The Kier molecular flexibility index (Phi) is 4.60. The number of nitrogens with zero attached hydrogens (tertiary/aromatic N) is 1. The number of rotatable bonds is 4. The first kappa shape index (κ1) is 15.8. The van der Waals surface area contributed by atoms with Gasteiger partial charge in [-0.05, 0) is 5.56 Å². The minimum atomic E-state index is -0.620. The van der Waals surface area contributed by atoms with Crippen molar-refractivity contribution >= 4 is 17.8 Å². The lowest BCUT2D eigenvalue weighted by Crippen LogP contribution is -2.27. The number of likely N-dealkylation sites (N-methyl/N-ethyl adjacent to an activating group) is 1. The van der Waals surface area contributed by atoms with E-state index in [1.54, 1.807) is 7.05 Å². The van der Waals surface area contributed by atoms with Gasteiger partial charge in [-0.1, -0.05) is 30.3 Å². The van der Waals surface area contributed by atoms with Crippen molar-refractivity contribution in [3.63, 3.8) is 0 Å². The molecule has 0 fully saturated rings. The molecule has 0 radical (unpaired) electrons. The molecule has 1 unspecified atom stereocenters. The van der Waals surface area contributed by atoms with Crippen LogP contribution in [-0.2, 0) is 23.9 Å². The summed E-state index contributed by atoms with van der Waals surface area (Å²) in [5.41, 5.74) is 1.08. The largest absolute Gasteiger partial charge is 0.469 e. The van der Waals surface area contributed by atoms with Gasteiger partial charge < -0.3 is 14.4 Å². The van der Waals surface area contributed by atoms with Crippen LogP contribution in [0.4, 0.5) is 0 Å². The Balaban J connectivity index is 2.54. The van der Waals surface area contributed by atoms with E-state index in [1.807, 2.05) is 30.3 Å². The first-order valence-corrected chi connectivity index (χ1v) is 6.71. The fourth-order valence-corrected chi connectivity index (χ4v) is 2.56. The summed E-state index contributed by atoms with van der Waals surface area (Å²) in [5.74, 6) is -1.57. The van der Waals surface area contributed by atoms with Crippen LogP contribution < -0.4 is 0 Å². The van der Waals surface area contributed by atoms with Crippen LogP contribution in [0.15, 0.2) is 41.5 Å². The van der Waals surface area contributed by atoms with Gasteiger partial charge in [-0.3, -0.25) is 9.59 Å². The lowest BCUT2D eigenvalue weighted by Gasteiger charge is -2.22. The summed E-state index contributed by atoms with van der Waals surface area (Å²) in [6.07, 6.45) is -0.257. The van der Waals surface area contributed by atoms with Crippen molar-refractivity contribution in [2.75, 3.05) is 21.3 Å². The number of amides is 1. The number of esters is 2. The van der Waals surface area contributed by atoms with Gasteiger partial charge in [0.05, 0.1) is 32.3 Å². The molecule has 22 heavy (non-hydrogen) atoms. The van der Waals surface area contributed by atoms with Gasteiger partial charge in [0.2, 0.25) is 0 Å². The topological polar surface area (TPSA) is 72.9 Å². The van der Waals surface area contributed by atoms with Crippen molar-refractivity contribution in [2.24, 2.45) is 0 Å². The summed E-state index contributed by atoms with van der Waals surface area (Å²) in [5, 5.41) is 0. The van der Waals surface area contributed by atoms with E-state index in [2.05, 4.69) is 4.74 Å². The minimum Gasteiger partial charge on any atom is -0.469 e. The summed E-state index contributed by atoms with van der Waals surface area (Å²) in [6, 6.07) is 8.55. The molecule has 6 nitrogen and oxygen atoms in total. The Hall–Kier alpha value is -2.63. The standard InChI is InChI=1S/C16H17NO5/c1-17-14(10-7-5-4-6-8-10)13(16(20)22-3)11(15(17)19)9-12(18)21-2/h4-8,14H,9H2,1-3H3. The van der Waals surface area contributed by atoms with Crippen molar-refractivity contribution in [2.45, 2.75) is 12.5 Å². The molecule has 0 saturated heterocycles. The van der Waals surface area contributed by atoms with E-state index in [0.717, 1.165) is 5.56 Å². The van der Waals surface area contributed by atoms with Crippen molar-refractivity contribution in [3.05, 3.63) is 47.0 Å². The summed E-state index contributed by atoms with van der Waals surface area (Å²) in [7, 11) is 4.07. The highest BCUT2D eigenvalue weighted by Crippen LogP contribution is 2.38. The molecule has 1 heterocycles. The maximum Gasteiger partial charge on any atom is 0.336 e. The maximum atomic E-state index is 12.4. The lowest BCUT2D eigenvalue weighted by atomic mass is 9.96. The number of benzene rings is 1. The number of hydrogen-bond acceptors (Lipinski definition) is 5. The van der Waals surface area contributed by atoms with Crippen LogP contribution in [0.3, 0.4) is 0 Å². The second-order valence-corrected chi connectivity index (χ2v) is 4.87. The molecule has 1 amide bonds. The van der Waals surface area contributed by atoms with E-state index < -0.39 is 18.0 Å². The molecule has 1 aliphatic rings. The Bertz CT molecular complexity index is 635. The highest BCUT2D eigenvalue weighted by molar-refractivity contribution is 6.09. The third kappa shape index (κ3) is 2.72. The zero-order chi connectivity index (χ0) is 16.3. The van der Waals surface area contributed by atoms with Crippen LogP contribution in [0, 0.1) is 0 Å². The van der Waals surface area contributed by atoms with Crippen molar-refractivity contribution in [1.82, 2.24) is 4.90 Å². The molecule has 0 N–H and O–H groups in total. The van der Waals surface area contributed by atoms with Crippen LogP contribution in [0.1, 0.15) is 18.0 Å². The minimum absolute atomic E-state index is 0.120. The molecular formula is C16H17NO5. The molecular weight excluding hydrogens is 286 g/mol.